The highest BCUT2D eigenvalue weighted by atomic mass is 32.2. The van der Waals surface area contributed by atoms with Gasteiger partial charge in [-0.2, -0.15) is 11.8 Å². The second-order valence-corrected chi connectivity index (χ2v) is 5.96. The first-order chi connectivity index (χ1) is 8.42. The lowest BCUT2D eigenvalue weighted by Crippen LogP contribution is -2.25. The van der Waals surface area contributed by atoms with Crippen molar-refractivity contribution in [2.24, 2.45) is 0 Å². The van der Waals surface area contributed by atoms with Crippen LogP contribution < -0.4 is 10.1 Å². The van der Waals surface area contributed by atoms with Crippen LogP contribution in [0.15, 0.2) is 18.2 Å². The van der Waals surface area contributed by atoms with Gasteiger partial charge < -0.3 is 10.1 Å². The van der Waals surface area contributed by atoms with Crippen molar-refractivity contribution in [2.75, 3.05) is 18.1 Å². The Bertz CT molecular complexity index is 388. The molecule has 1 fully saturated rings. The molecule has 1 aromatic carbocycles. The topological polar surface area (TPSA) is 21.3 Å². The van der Waals surface area contributed by atoms with Gasteiger partial charge >= 0.3 is 0 Å². The van der Waals surface area contributed by atoms with Crippen LogP contribution in [-0.2, 0) is 13.0 Å². The molecule has 2 heterocycles. The van der Waals surface area contributed by atoms with Gasteiger partial charge in [0.25, 0.3) is 0 Å². The Morgan fingerprint density at radius 3 is 3.18 bits per heavy atom. The predicted octanol–water partition coefficient (Wildman–Crippen LogP) is 2.61. The monoisotopic (exact) mass is 249 g/mol. The molecule has 0 bridgehead atoms. The molecule has 1 atom stereocenters. The van der Waals surface area contributed by atoms with Crippen LogP contribution in [0.3, 0.4) is 0 Å². The maximum absolute atomic E-state index is 6.07. The number of hydrogen-bond acceptors (Lipinski definition) is 3. The summed E-state index contributed by atoms with van der Waals surface area (Å²) >= 11 is 2.01. The molecular weight excluding hydrogens is 230 g/mol. The molecule has 0 spiro atoms. The number of ether oxygens (including phenoxy) is 1. The molecule has 2 aliphatic rings. The fourth-order valence-corrected chi connectivity index (χ4v) is 3.56. The average molecular weight is 249 g/mol. The van der Waals surface area contributed by atoms with Gasteiger partial charge in [-0.3, -0.25) is 0 Å². The Morgan fingerprint density at radius 2 is 2.29 bits per heavy atom. The molecule has 1 unspecified atom stereocenters. The van der Waals surface area contributed by atoms with E-state index < -0.39 is 0 Å². The van der Waals surface area contributed by atoms with Crippen LogP contribution in [0.4, 0.5) is 0 Å². The van der Waals surface area contributed by atoms with Gasteiger partial charge in [-0.15, -0.1) is 0 Å². The van der Waals surface area contributed by atoms with Gasteiger partial charge in [0.05, 0.1) is 0 Å². The molecule has 0 saturated carbocycles. The second-order valence-electron chi connectivity index (χ2n) is 4.81. The van der Waals surface area contributed by atoms with E-state index in [-0.39, 0.29) is 0 Å². The summed E-state index contributed by atoms with van der Waals surface area (Å²) in [7, 11) is 0. The number of fused-ring (bicyclic) bond motifs is 1. The van der Waals surface area contributed by atoms with Crippen LogP contribution in [-0.4, -0.2) is 24.2 Å². The van der Waals surface area contributed by atoms with Gasteiger partial charge in [-0.1, -0.05) is 6.07 Å². The van der Waals surface area contributed by atoms with Crippen molar-refractivity contribution in [3.8, 4) is 5.75 Å². The fourth-order valence-electron chi connectivity index (χ4n) is 2.53. The highest BCUT2D eigenvalue weighted by Crippen LogP contribution is 2.25. The molecule has 2 nitrogen and oxygen atoms in total. The van der Waals surface area contributed by atoms with Crippen LogP contribution in [0.1, 0.15) is 24.0 Å². The Morgan fingerprint density at radius 1 is 1.29 bits per heavy atom. The van der Waals surface area contributed by atoms with Gasteiger partial charge in [0.1, 0.15) is 11.9 Å². The molecule has 3 rings (SSSR count). The largest absolute Gasteiger partial charge is 0.490 e. The minimum atomic E-state index is 0.420. The number of thioether (sulfide) groups is 1. The maximum atomic E-state index is 6.07. The molecule has 0 aliphatic carbocycles. The number of nitrogens with one attached hydrogen (secondary N) is 1. The van der Waals surface area contributed by atoms with E-state index in [0.29, 0.717) is 6.10 Å². The van der Waals surface area contributed by atoms with E-state index in [4.69, 9.17) is 4.74 Å². The van der Waals surface area contributed by atoms with Crippen LogP contribution >= 0.6 is 11.8 Å². The van der Waals surface area contributed by atoms with Crippen molar-refractivity contribution < 1.29 is 4.74 Å². The van der Waals surface area contributed by atoms with Crippen molar-refractivity contribution in [3.05, 3.63) is 29.3 Å². The summed E-state index contributed by atoms with van der Waals surface area (Å²) in [4.78, 5) is 0. The van der Waals surface area contributed by atoms with Gasteiger partial charge in [-0.25, -0.2) is 0 Å². The second kappa shape index (κ2) is 5.32. The summed E-state index contributed by atoms with van der Waals surface area (Å²) < 4.78 is 6.07. The lowest BCUT2D eigenvalue weighted by atomic mass is 10.0. The highest BCUT2D eigenvalue weighted by molar-refractivity contribution is 7.99. The normalized spacial score (nSPS) is 24.1. The van der Waals surface area contributed by atoms with E-state index in [1.807, 2.05) is 11.8 Å². The van der Waals surface area contributed by atoms with Crippen LogP contribution in [0.25, 0.3) is 0 Å². The standard InChI is InChI=1S/C14H19NOS/c1-2-14(10-17-7-1)16-13-4-3-11-5-6-15-9-12(11)8-13/h3-4,8,14-15H,1-2,5-7,9-10H2. The van der Waals surface area contributed by atoms with Gasteiger partial charge in [0, 0.05) is 12.3 Å². The summed E-state index contributed by atoms with van der Waals surface area (Å²) in [5.41, 5.74) is 2.89. The number of rotatable bonds is 2. The van der Waals surface area contributed by atoms with Crippen molar-refractivity contribution in [3.63, 3.8) is 0 Å². The molecule has 17 heavy (non-hydrogen) atoms. The Kier molecular flexibility index (Phi) is 3.57. The van der Waals surface area contributed by atoms with E-state index in [0.717, 1.165) is 31.0 Å². The molecule has 92 valence electrons. The number of benzene rings is 1. The van der Waals surface area contributed by atoms with E-state index in [2.05, 4.69) is 23.5 Å². The molecule has 0 amide bonds. The van der Waals surface area contributed by atoms with Crippen LogP contribution in [0.5, 0.6) is 5.75 Å². The highest BCUT2D eigenvalue weighted by Gasteiger charge is 2.16. The van der Waals surface area contributed by atoms with Crippen LogP contribution in [0, 0.1) is 0 Å². The minimum absolute atomic E-state index is 0.420. The average Bonchev–Trinajstić information content (AvgIpc) is 2.40. The van der Waals surface area contributed by atoms with Crippen molar-refractivity contribution in [2.45, 2.75) is 31.9 Å². The van der Waals surface area contributed by atoms with E-state index in [1.165, 1.54) is 29.7 Å². The summed E-state index contributed by atoms with van der Waals surface area (Å²) in [6.07, 6.45) is 4.07. The van der Waals surface area contributed by atoms with Gasteiger partial charge in [-0.05, 0) is 54.8 Å². The maximum Gasteiger partial charge on any atom is 0.120 e. The van der Waals surface area contributed by atoms with Crippen molar-refractivity contribution in [1.29, 1.82) is 0 Å². The van der Waals surface area contributed by atoms with E-state index in [1.54, 1.807) is 0 Å². The van der Waals surface area contributed by atoms with Crippen molar-refractivity contribution >= 4 is 11.8 Å². The van der Waals surface area contributed by atoms with E-state index >= 15 is 0 Å². The lowest BCUT2D eigenvalue weighted by Gasteiger charge is -2.24. The zero-order chi connectivity index (χ0) is 11.5. The fraction of sp³-hybridized carbons (Fsp3) is 0.571. The first kappa shape index (κ1) is 11.4. The van der Waals surface area contributed by atoms with Crippen molar-refractivity contribution in [1.82, 2.24) is 5.32 Å². The first-order valence-electron chi connectivity index (χ1n) is 6.49. The Hall–Kier alpha value is -0.670. The molecule has 1 aromatic rings. The van der Waals surface area contributed by atoms with Gasteiger partial charge in [0.15, 0.2) is 0 Å². The third-order valence-electron chi connectivity index (χ3n) is 3.49. The number of hydrogen-bond donors (Lipinski definition) is 1. The summed E-state index contributed by atoms with van der Waals surface area (Å²) in [5, 5.41) is 3.41. The quantitative estimate of drug-likeness (QED) is 0.870. The molecule has 1 N–H and O–H groups in total. The lowest BCUT2D eigenvalue weighted by molar-refractivity contribution is 0.211. The Labute approximate surface area is 107 Å². The zero-order valence-electron chi connectivity index (χ0n) is 10.1. The molecule has 0 radical (unpaired) electrons. The molecular formula is C14H19NOS. The third kappa shape index (κ3) is 2.78. The minimum Gasteiger partial charge on any atom is -0.490 e. The Balaban J connectivity index is 1.70. The summed E-state index contributed by atoms with van der Waals surface area (Å²) in [5.74, 6) is 3.50. The molecule has 0 aromatic heterocycles. The summed E-state index contributed by atoms with van der Waals surface area (Å²) in [6.45, 7) is 2.10. The first-order valence-corrected chi connectivity index (χ1v) is 7.64. The molecule has 2 aliphatic heterocycles. The van der Waals surface area contributed by atoms with Gasteiger partial charge in [0.2, 0.25) is 0 Å². The van der Waals surface area contributed by atoms with Crippen LogP contribution in [0.2, 0.25) is 0 Å². The predicted molar refractivity (Wildman–Crippen MR) is 72.8 cm³/mol. The third-order valence-corrected chi connectivity index (χ3v) is 4.67. The SMILES string of the molecule is c1cc2c(cc1OC1CCCSC1)CNCC2. The van der Waals surface area contributed by atoms with E-state index in [9.17, 15) is 0 Å². The smallest absolute Gasteiger partial charge is 0.120 e. The summed E-state index contributed by atoms with van der Waals surface area (Å²) in [6, 6.07) is 6.60. The molecule has 1 saturated heterocycles. The molecule has 3 heteroatoms. The zero-order valence-corrected chi connectivity index (χ0v) is 10.9.